The van der Waals surface area contributed by atoms with Crippen molar-refractivity contribution < 1.29 is 14.6 Å². The Kier molecular flexibility index (Phi) is 4.68. The molecule has 4 nitrogen and oxygen atoms in total. The molecule has 3 saturated heterocycles. The average Bonchev–Trinajstić information content (AvgIpc) is 2.66. The molecule has 0 radical (unpaired) electrons. The number of esters is 1. The molecule has 0 spiro atoms. The van der Waals surface area contributed by atoms with Gasteiger partial charge >= 0.3 is 5.97 Å². The first-order valence-electron chi connectivity index (χ1n) is 9.40. The Bertz CT molecular complexity index is 750. The van der Waals surface area contributed by atoms with Crippen LogP contribution in [0.5, 0.6) is 5.75 Å². The molecule has 2 atom stereocenters. The predicted molar refractivity (Wildman–Crippen MR) is 100 cm³/mol. The zero-order valence-electron chi connectivity index (χ0n) is 15.1. The lowest BCUT2D eigenvalue weighted by atomic mass is 9.85. The SMILES string of the molecule is Cc1ccccc1C(C(=O)O[C@H]1CN2CCC1CC2)c1ccccc1O. The first-order chi connectivity index (χ1) is 12.6. The maximum Gasteiger partial charge on any atom is 0.318 e. The fourth-order valence-electron chi connectivity index (χ4n) is 4.33. The van der Waals surface area contributed by atoms with Gasteiger partial charge in [-0.3, -0.25) is 9.69 Å². The lowest BCUT2D eigenvalue weighted by Crippen LogP contribution is -2.52. The van der Waals surface area contributed by atoms with Crippen LogP contribution in [0.3, 0.4) is 0 Å². The van der Waals surface area contributed by atoms with Crippen molar-refractivity contribution in [3.8, 4) is 5.75 Å². The molecule has 4 heteroatoms. The second-order valence-electron chi connectivity index (χ2n) is 7.46. The van der Waals surface area contributed by atoms with Gasteiger partial charge in [-0.25, -0.2) is 0 Å². The van der Waals surface area contributed by atoms with Crippen molar-refractivity contribution in [2.75, 3.05) is 19.6 Å². The third-order valence-corrected chi connectivity index (χ3v) is 5.85. The van der Waals surface area contributed by atoms with Gasteiger partial charge in [-0.1, -0.05) is 42.5 Å². The highest BCUT2D eigenvalue weighted by Gasteiger charge is 2.38. The Morgan fingerprint density at radius 2 is 1.73 bits per heavy atom. The molecule has 136 valence electrons. The third kappa shape index (κ3) is 3.21. The lowest BCUT2D eigenvalue weighted by Gasteiger charge is -2.44. The van der Waals surface area contributed by atoms with E-state index in [9.17, 15) is 9.90 Å². The molecule has 3 heterocycles. The third-order valence-electron chi connectivity index (χ3n) is 5.85. The van der Waals surface area contributed by atoms with Crippen LogP contribution in [-0.2, 0) is 9.53 Å². The number of piperidine rings is 3. The van der Waals surface area contributed by atoms with Gasteiger partial charge in [0.05, 0.1) is 0 Å². The zero-order chi connectivity index (χ0) is 18.1. The molecule has 3 aliphatic rings. The van der Waals surface area contributed by atoms with Crippen LogP contribution in [0.1, 0.15) is 35.4 Å². The van der Waals surface area contributed by atoms with E-state index in [0.717, 1.165) is 43.6 Å². The number of carbonyl (C=O) groups excluding carboxylic acids is 1. The molecule has 3 fully saturated rings. The summed E-state index contributed by atoms with van der Waals surface area (Å²) in [7, 11) is 0. The van der Waals surface area contributed by atoms with Crippen LogP contribution < -0.4 is 0 Å². The summed E-state index contributed by atoms with van der Waals surface area (Å²) in [4.78, 5) is 15.6. The maximum absolute atomic E-state index is 13.2. The fourth-order valence-corrected chi connectivity index (χ4v) is 4.33. The molecule has 1 unspecified atom stereocenters. The minimum absolute atomic E-state index is 0.0395. The Morgan fingerprint density at radius 1 is 1.08 bits per heavy atom. The lowest BCUT2D eigenvalue weighted by molar-refractivity contribution is -0.159. The van der Waals surface area contributed by atoms with Gasteiger partial charge in [0.15, 0.2) is 0 Å². The highest BCUT2D eigenvalue weighted by atomic mass is 16.5. The van der Waals surface area contributed by atoms with Gasteiger partial charge in [-0.05, 0) is 56.0 Å². The molecule has 26 heavy (non-hydrogen) atoms. The number of fused-ring (bicyclic) bond motifs is 3. The number of rotatable bonds is 4. The van der Waals surface area contributed by atoms with Gasteiger partial charge in [0, 0.05) is 12.1 Å². The maximum atomic E-state index is 13.2. The molecule has 2 aromatic carbocycles. The van der Waals surface area contributed by atoms with Gasteiger partial charge < -0.3 is 9.84 Å². The second kappa shape index (κ2) is 7.12. The molecule has 0 saturated carbocycles. The molecule has 2 aromatic rings. The number of benzene rings is 2. The summed E-state index contributed by atoms with van der Waals surface area (Å²) >= 11 is 0. The van der Waals surface area contributed by atoms with Crippen molar-refractivity contribution in [1.82, 2.24) is 4.90 Å². The monoisotopic (exact) mass is 351 g/mol. The molecule has 0 aliphatic carbocycles. The standard InChI is InChI=1S/C22H25NO3/c1-15-6-2-3-7-17(15)21(18-8-4-5-9-19(18)24)22(25)26-20-14-23-12-10-16(20)11-13-23/h2-9,16,20-21,24H,10-14H2,1H3/t20-,21?/m0/s1. The number of aromatic hydroxyl groups is 1. The fraction of sp³-hybridized carbons (Fsp3) is 0.409. The van der Waals surface area contributed by atoms with Crippen molar-refractivity contribution in [3.63, 3.8) is 0 Å². The van der Waals surface area contributed by atoms with Crippen molar-refractivity contribution in [2.45, 2.75) is 31.8 Å². The summed E-state index contributed by atoms with van der Waals surface area (Å²) in [5.41, 5.74) is 2.51. The van der Waals surface area contributed by atoms with Crippen LogP contribution in [0.25, 0.3) is 0 Å². The highest BCUT2D eigenvalue weighted by molar-refractivity contribution is 5.84. The normalized spacial score (nSPS) is 25.7. The number of aryl methyl sites for hydroxylation is 1. The molecule has 0 aromatic heterocycles. The number of phenols is 1. The smallest absolute Gasteiger partial charge is 0.318 e. The first kappa shape index (κ1) is 17.1. The van der Waals surface area contributed by atoms with E-state index in [0.29, 0.717) is 11.5 Å². The molecular formula is C22H25NO3. The van der Waals surface area contributed by atoms with Crippen LogP contribution in [0, 0.1) is 12.8 Å². The molecule has 1 N–H and O–H groups in total. The number of nitrogens with zero attached hydrogens (tertiary/aromatic N) is 1. The summed E-state index contributed by atoms with van der Waals surface area (Å²) in [5, 5.41) is 10.4. The Hall–Kier alpha value is -2.33. The minimum atomic E-state index is -0.604. The second-order valence-corrected chi connectivity index (χ2v) is 7.46. The summed E-state index contributed by atoms with van der Waals surface area (Å²) in [6.45, 7) is 5.04. The average molecular weight is 351 g/mol. The zero-order valence-corrected chi connectivity index (χ0v) is 15.1. The van der Waals surface area contributed by atoms with Crippen LogP contribution in [0.4, 0.5) is 0 Å². The summed E-state index contributed by atoms with van der Waals surface area (Å²) < 4.78 is 6.01. The highest BCUT2D eigenvalue weighted by Crippen LogP contribution is 2.36. The summed E-state index contributed by atoms with van der Waals surface area (Å²) in [6.07, 6.45) is 2.16. The van der Waals surface area contributed by atoms with Gasteiger partial charge in [0.25, 0.3) is 0 Å². The van der Waals surface area contributed by atoms with Crippen LogP contribution in [0.15, 0.2) is 48.5 Å². The van der Waals surface area contributed by atoms with Crippen LogP contribution >= 0.6 is 0 Å². The molecule has 5 rings (SSSR count). The molecular weight excluding hydrogens is 326 g/mol. The van der Waals surface area contributed by atoms with Crippen LogP contribution in [-0.4, -0.2) is 41.7 Å². The predicted octanol–water partition coefficient (Wildman–Crippen LogP) is 3.47. The van der Waals surface area contributed by atoms with E-state index in [1.165, 1.54) is 0 Å². The van der Waals surface area contributed by atoms with E-state index in [2.05, 4.69) is 4.90 Å². The van der Waals surface area contributed by atoms with E-state index in [1.807, 2.05) is 43.3 Å². The van der Waals surface area contributed by atoms with E-state index >= 15 is 0 Å². The largest absolute Gasteiger partial charge is 0.508 e. The summed E-state index contributed by atoms with van der Waals surface area (Å²) in [6, 6.07) is 14.9. The van der Waals surface area contributed by atoms with Gasteiger partial charge in [-0.2, -0.15) is 0 Å². The van der Waals surface area contributed by atoms with Gasteiger partial charge in [0.1, 0.15) is 17.8 Å². The first-order valence-corrected chi connectivity index (χ1v) is 9.40. The van der Waals surface area contributed by atoms with Crippen molar-refractivity contribution in [3.05, 3.63) is 65.2 Å². The minimum Gasteiger partial charge on any atom is -0.508 e. The number of carbonyl (C=O) groups is 1. The van der Waals surface area contributed by atoms with E-state index in [1.54, 1.807) is 12.1 Å². The van der Waals surface area contributed by atoms with Crippen molar-refractivity contribution in [2.24, 2.45) is 5.92 Å². The number of ether oxygens (including phenoxy) is 1. The Balaban J connectivity index is 1.66. The number of hydrogen-bond donors (Lipinski definition) is 1. The number of phenolic OH excluding ortho intramolecular Hbond substituents is 1. The quantitative estimate of drug-likeness (QED) is 0.857. The van der Waals surface area contributed by atoms with Gasteiger partial charge in [0.2, 0.25) is 0 Å². The van der Waals surface area contributed by atoms with Crippen molar-refractivity contribution in [1.29, 1.82) is 0 Å². The molecule has 3 aliphatic heterocycles. The summed E-state index contributed by atoms with van der Waals surface area (Å²) in [5.74, 6) is -0.273. The number of hydrogen-bond acceptors (Lipinski definition) is 4. The molecule has 2 bridgehead atoms. The van der Waals surface area contributed by atoms with E-state index in [4.69, 9.17) is 4.74 Å². The number of para-hydroxylation sites is 1. The Labute approximate surface area is 154 Å². The van der Waals surface area contributed by atoms with Crippen molar-refractivity contribution >= 4 is 5.97 Å². The van der Waals surface area contributed by atoms with E-state index < -0.39 is 5.92 Å². The molecule has 0 amide bonds. The van der Waals surface area contributed by atoms with Crippen LogP contribution in [0.2, 0.25) is 0 Å². The van der Waals surface area contributed by atoms with E-state index in [-0.39, 0.29) is 17.8 Å². The Morgan fingerprint density at radius 3 is 2.35 bits per heavy atom. The topological polar surface area (TPSA) is 49.8 Å². The van der Waals surface area contributed by atoms with Gasteiger partial charge in [-0.15, -0.1) is 0 Å².